The van der Waals surface area contributed by atoms with E-state index in [2.05, 4.69) is 6.58 Å². The van der Waals surface area contributed by atoms with Gasteiger partial charge in [-0.05, 0) is 35.2 Å². The lowest BCUT2D eigenvalue weighted by atomic mass is 10.1. The van der Waals surface area contributed by atoms with Crippen molar-refractivity contribution in [2.75, 3.05) is 0 Å². The number of ether oxygens (including phenoxy) is 1. The van der Waals surface area contributed by atoms with Crippen molar-refractivity contribution in [1.29, 1.82) is 0 Å². The van der Waals surface area contributed by atoms with E-state index in [1.54, 1.807) is 18.2 Å². The highest BCUT2D eigenvalue weighted by Crippen LogP contribution is 2.23. The van der Waals surface area contributed by atoms with Crippen LogP contribution in [0.3, 0.4) is 0 Å². The Kier molecular flexibility index (Phi) is 4.29. The Morgan fingerprint density at radius 2 is 1.91 bits per heavy atom. The third kappa shape index (κ3) is 3.34. The average Bonchev–Trinajstić information content (AvgIpc) is 2.59. The van der Waals surface area contributed by atoms with Gasteiger partial charge in [-0.2, -0.15) is 0 Å². The van der Waals surface area contributed by atoms with Gasteiger partial charge < -0.3 is 9.15 Å². The van der Waals surface area contributed by atoms with E-state index in [4.69, 9.17) is 9.15 Å². The van der Waals surface area contributed by atoms with Gasteiger partial charge in [0.2, 0.25) is 0 Å². The largest absolute Gasteiger partial charge is 0.489 e. The van der Waals surface area contributed by atoms with E-state index >= 15 is 0 Å². The molecule has 116 valence electrons. The summed E-state index contributed by atoms with van der Waals surface area (Å²) in [6, 6.07) is 15.2. The van der Waals surface area contributed by atoms with Crippen molar-refractivity contribution in [2.24, 2.45) is 0 Å². The molecule has 0 spiro atoms. The predicted molar refractivity (Wildman–Crippen MR) is 92.7 cm³/mol. The highest BCUT2D eigenvalue weighted by molar-refractivity contribution is 5.81. The van der Waals surface area contributed by atoms with Gasteiger partial charge in [0.05, 0.1) is 0 Å². The second-order valence-electron chi connectivity index (χ2n) is 5.34. The molecule has 1 heterocycles. The van der Waals surface area contributed by atoms with Crippen molar-refractivity contribution in [3.8, 4) is 5.75 Å². The van der Waals surface area contributed by atoms with Crippen molar-refractivity contribution < 1.29 is 9.15 Å². The fourth-order valence-corrected chi connectivity index (χ4v) is 2.51. The zero-order chi connectivity index (χ0) is 16.2. The molecule has 0 bridgehead atoms. The predicted octanol–water partition coefficient (Wildman–Crippen LogP) is 4.58. The van der Waals surface area contributed by atoms with Crippen LogP contribution in [0, 0.1) is 0 Å². The average molecular weight is 306 g/mol. The Bertz CT molecular complexity index is 889. The summed E-state index contributed by atoms with van der Waals surface area (Å²) in [7, 11) is 0. The molecule has 0 saturated heterocycles. The lowest BCUT2D eigenvalue weighted by molar-refractivity contribution is 0.306. The van der Waals surface area contributed by atoms with Crippen molar-refractivity contribution >= 4 is 17.0 Å². The summed E-state index contributed by atoms with van der Waals surface area (Å²) in [5.41, 5.74) is 3.37. The minimum atomic E-state index is -0.327. The van der Waals surface area contributed by atoms with Gasteiger partial charge in [0.1, 0.15) is 17.9 Å². The van der Waals surface area contributed by atoms with Gasteiger partial charge in [0.25, 0.3) is 0 Å². The molecule has 3 aromatic rings. The van der Waals surface area contributed by atoms with E-state index in [0.29, 0.717) is 17.9 Å². The van der Waals surface area contributed by atoms with Crippen LogP contribution in [0.15, 0.2) is 64.3 Å². The molecule has 0 atom stereocenters. The number of hydrogen-bond acceptors (Lipinski definition) is 3. The third-order valence-electron chi connectivity index (χ3n) is 3.80. The number of rotatable bonds is 5. The summed E-state index contributed by atoms with van der Waals surface area (Å²) in [4.78, 5) is 11.6. The zero-order valence-corrected chi connectivity index (χ0v) is 13.0. The first-order valence-electron chi connectivity index (χ1n) is 7.60. The Morgan fingerprint density at radius 3 is 2.61 bits per heavy atom. The van der Waals surface area contributed by atoms with Gasteiger partial charge in [0, 0.05) is 17.5 Å². The Morgan fingerprint density at radius 1 is 1.13 bits per heavy atom. The van der Waals surface area contributed by atoms with Gasteiger partial charge in [-0.15, -0.1) is 0 Å². The molecule has 0 aliphatic carbocycles. The van der Waals surface area contributed by atoms with Crippen LogP contribution in [0.1, 0.15) is 23.6 Å². The summed E-state index contributed by atoms with van der Waals surface area (Å²) < 4.78 is 11.1. The Hall–Kier alpha value is -2.81. The first-order chi connectivity index (χ1) is 11.2. The van der Waals surface area contributed by atoms with Gasteiger partial charge in [-0.3, -0.25) is 0 Å². The lowest BCUT2D eigenvalue weighted by Crippen LogP contribution is -2.00. The van der Waals surface area contributed by atoms with Crippen LogP contribution in [0.2, 0.25) is 0 Å². The standard InChI is InChI=1S/C20H18O3/c1-3-14-5-7-15(8-6-14)13-22-17-9-10-18-16(4-2)11-20(21)23-19(18)12-17/h3,5-12H,1,4,13H2,2H3. The second-order valence-corrected chi connectivity index (χ2v) is 5.34. The highest BCUT2D eigenvalue weighted by atomic mass is 16.5. The molecule has 2 aromatic carbocycles. The highest BCUT2D eigenvalue weighted by Gasteiger charge is 2.06. The van der Waals surface area contributed by atoms with E-state index in [-0.39, 0.29) is 5.63 Å². The molecule has 1 aromatic heterocycles. The van der Waals surface area contributed by atoms with Crippen LogP contribution in [-0.4, -0.2) is 0 Å². The van der Waals surface area contributed by atoms with Gasteiger partial charge >= 0.3 is 5.63 Å². The minimum Gasteiger partial charge on any atom is -0.489 e. The first-order valence-corrected chi connectivity index (χ1v) is 7.60. The summed E-state index contributed by atoms with van der Waals surface area (Å²) in [5, 5.41) is 0.954. The Labute approximate surface area is 134 Å². The first kappa shape index (κ1) is 15.1. The quantitative estimate of drug-likeness (QED) is 0.648. The molecular weight excluding hydrogens is 288 g/mol. The van der Waals surface area contributed by atoms with Crippen molar-refractivity contribution in [3.05, 3.63) is 82.2 Å². The minimum absolute atomic E-state index is 0.327. The third-order valence-corrected chi connectivity index (χ3v) is 3.80. The van der Waals surface area contributed by atoms with Gasteiger partial charge in [-0.1, -0.05) is 43.8 Å². The fraction of sp³-hybridized carbons (Fsp3) is 0.150. The normalized spacial score (nSPS) is 10.7. The van der Waals surface area contributed by atoms with Crippen LogP contribution in [0.25, 0.3) is 17.0 Å². The molecule has 0 radical (unpaired) electrons. The zero-order valence-electron chi connectivity index (χ0n) is 13.0. The molecule has 0 fully saturated rings. The van der Waals surface area contributed by atoms with E-state index in [1.165, 1.54) is 0 Å². The van der Waals surface area contributed by atoms with Gasteiger partial charge in [0.15, 0.2) is 0 Å². The fourth-order valence-electron chi connectivity index (χ4n) is 2.51. The van der Waals surface area contributed by atoms with Crippen molar-refractivity contribution in [2.45, 2.75) is 20.0 Å². The summed E-state index contributed by atoms with van der Waals surface area (Å²) in [5.74, 6) is 0.682. The SMILES string of the molecule is C=Cc1ccc(COc2ccc3c(CC)cc(=O)oc3c2)cc1. The maximum Gasteiger partial charge on any atom is 0.336 e. The number of fused-ring (bicyclic) bond motifs is 1. The molecule has 0 aliphatic rings. The summed E-state index contributed by atoms with van der Waals surface area (Å²) >= 11 is 0. The second kappa shape index (κ2) is 6.53. The van der Waals surface area contributed by atoms with Gasteiger partial charge in [-0.25, -0.2) is 4.79 Å². The molecule has 0 amide bonds. The van der Waals surface area contributed by atoms with E-state index < -0.39 is 0 Å². The molecule has 3 rings (SSSR count). The monoisotopic (exact) mass is 306 g/mol. The number of aryl methyl sites for hydroxylation is 1. The van der Waals surface area contributed by atoms with Crippen LogP contribution < -0.4 is 10.4 Å². The number of hydrogen-bond donors (Lipinski definition) is 0. The summed E-state index contributed by atoms with van der Waals surface area (Å²) in [6.45, 7) is 6.22. The van der Waals surface area contributed by atoms with Crippen LogP contribution in [-0.2, 0) is 13.0 Å². The van der Waals surface area contributed by atoms with Crippen molar-refractivity contribution in [3.63, 3.8) is 0 Å². The molecule has 3 heteroatoms. The van der Waals surface area contributed by atoms with Crippen LogP contribution >= 0.6 is 0 Å². The Balaban J connectivity index is 1.82. The lowest BCUT2D eigenvalue weighted by Gasteiger charge is -2.08. The number of benzene rings is 2. The summed E-state index contributed by atoms with van der Waals surface area (Å²) in [6.07, 6.45) is 2.60. The van der Waals surface area contributed by atoms with Crippen LogP contribution in [0.5, 0.6) is 5.75 Å². The van der Waals surface area contributed by atoms with E-state index in [1.807, 2.05) is 43.3 Å². The van der Waals surface area contributed by atoms with E-state index in [9.17, 15) is 4.79 Å². The molecule has 0 aliphatic heterocycles. The van der Waals surface area contributed by atoms with E-state index in [0.717, 1.165) is 28.5 Å². The smallest absolute Gasteiger partial charge is 0.336 e. The molecule has 0 unspecified atom stereocenters. The molecule has 0 saturated carbocycles. The molecular formula is C20H18O3. The van der Waals surface area contributed by atoms with Crippen molar-refractivity contribution in [1.82, 2.24) is 0 Å². The topological polar surface area (TPSA) is 39.4 Å². The molecule has 3 nitrogen and oxygen atoms in total. The maximum absolute atomic E-state index is 11.6. The molecule has 0 N–H and O–H groups in total. The maximum atomic E-state index is 11.6. The van der Waals surface area contributed by atoms with Crippen LogP contribution in [0.4, 0.5) is 0 Å². The molecule has 23 heavy (non-hydrogen) atoms.